The van der Waals surface area contributed by atoms with Crippen LogP contribution < -0.4 is 5.56 Å². The molecule has 1 aromatic heterocycles. The third-order valence-electron chi connectivity index (χ3n) is 4.19. The number of hydrogen-bond acceptors (Lipinski definition) is 6. The van der Waals surface area contributed by atoms with Gasteiger partial charge in [0, 0.05) is 30.9 Å². The van der Waals surface area contributed by atoms with Gasteiger partial charge in [0.05, 0.1) is 16.3 Å². The van der Waals surface area contributed by atoms with Gasteiger partial charge in [0.2, 0.25) is 0 Å². The maximum Gasteiger partial charge on any atom is 0.277 e. The number of rotatable bonds is 4. The number of carbonyl (C=O) groups excluding carboxylic acids is 1. The maximum atomic E-state index is 12.2. The summed E-state index contributed by atoms with van der Waals surface area (Å²) in [4.78, 5) is 28.5. The van der Waals surface area contributed by atoms with Crippen LogP contribution in [0.4, 0.5) is 0 Å². The van der Waals surface area contributed by atoms with Crippen molar-refractivity contribution in [3.05, 3.63) is 39.2 Å². The van der Waals surface area contributed by atoms with Crippen molar-refractivity contribution in [3.63, 3.8) is 0 Å². The van der Waals surface area contributed by atoms with Crippen molar-refractivity contribution in [3.8, 4) is 11.3 Å². The molecule has 0 bridgehead atoms. The van der Waals surface area contributed by atoms with Crippen molar-refractivity contribution in [2.24, 2.45) is 12.2 Å². The maximum absolute atomic E-state index is 12.2. The van der Waals surface area contributed by atoms with E-state index in [1.807, 2.05) is 0 Å². The summed E-state index contributed by atoms with van der Waals surface area (Å²) < 4.78 is 25.6. The Morgan fingerprint density at radius 2 is 2.08 bits per heavy atom. The zero-order valence-electron chi connectivity index (χ0n) is 14.0. The molecule has 8 nitrogen and oxygen atoms in total. The summed E-state index contributed by atoms with van der Waals surface area (Å²) in [6.07, 6.45) is 2.11. The molecule has 0 aliphatic carbocycles. The molecule has 0 saturated carbocycles. The lowest BCUT2D eigenvalue weighted by Gasteiger charge is -2.14. The standard InChI is InChI=1S/C16H17N3O5S/c1-9-10(15-11(8-20)16(21)19(2)17-15)4-5-13(25(3,22)23)14(9)12-6-7-24-18-12/h4-5,8,17H,6-7H2,1-3H3. The van der Waals surface area contributed by atoms with Crippen LogP contribution >= 0.6 is 0 Å². The van der Waals surface area contributed by atoms with E-state index in [-0.39, 0.29) is 10.5 Å². The monoisotopic (exact) mass is 363 g/mol. The number of oxime groups is 1. The van der Waals surface area contributed by atoms with Gasteiger partial charge in [-0.25, -0.2) is 8.42 Å². The highest BCUT2D eigenvalue weighted by molar-refractivity contribution is 7.90. The second kappa shape index (κ2) is 5.99. The lowest BCUT2D eigenvalue weighted by molar-refractivity contribution is 0.112. The van der Waals surface area contributed by atoms with E-state index >= 15 is 0 Å². The van der Waals surface area contributed by atoms with Crippen molar-refractivity contribution in [2.45, 2.75) is 18.2 Å². The van der Waals surface area contributed by atoms with Crippen molar-refractivity contribution >= 4 is 21.8 Å². The number of sulfone groups is 1. The predicted octanol–water partition coefficient (Wildman–Crippen LogP) is 1.03. The van der Waals surface area contributed by atoms with Gasteiger partial charge in [-0.2, -0.15) is 0 Å². The molecule has 132 valence electrons. The molecule has 1 N–H and O–H groups in total. The third kappa shape index (κ3) is 2.80. The Bertz CT molecular complexity index is 1060. The Balaban J connectivity index is 2.35. The fourth-order valence-electron chi connectivity index (χ4n) is 2.99. The van der Waals surface area contributed by atoms with Crippen LogP contribution in [-0.2, 0) is 21.7 Å². The van der Waals surface area contributed by atoms with E-state index in [0.717, 1.165) is 6.26 Å². The summed E-state index contributed by atoms with van der Waals surface area (Å²) >= 11 is 0. The number of aromatic amines is 1. The van der Waals surface area contributed by atoms with Crippen molar-refractivity contribution in [2.75, 3.05) is 12.9 Å². The first-order chi connectivity index (χ1) is 11.8. The van der Waals surface area contributed by atoms with Gasteiger partial charge in [-0.15, -0.1) is 0 Å². The number of aromatic nitrogens is 2. The zero-order chi connectivity index (χ0) is 18.4. The van der Waals surface area contributed by atoms with Crippen LogP contribution in [0.3, 0.4) is 0 Å². The molecule has 0 fully saturated rings. The highest BCUT2D eigenvalue weighted by Crippen LogP contribution is 2.32. The van der Waals surface area contributed by atoms with Gasteiger partial charge in [-0.3, -0.25) is 19.4 Å². The number of nitrogens with one attached hydrogen (secondary N) is 1. The lowest BCUT2D eigenvalue weighted by Crippen LogP contribution is -2.14. The van der Waals surface area contributed by atoms with Crippen LogP contribution in [0.15, 0.2) is 27.0 Å². The molecule has 0 amide bonds. The fraction of sp³-hybridized carbons (Fsp3) is 0.312. The van der Waals surface area contributed by atoms with Crippen LogP contribution in [0.1, 0.15) is 27.9 Å². The summed E-state index contributed by atoms with van der Waals surface area (Å²) in [6.45, 7) is 2.12. The molecule has 9 heteroatoms. The topological polar surface area (TPSA) is 111 Å². The molecule has 0 spiro atoms. The quantitative estimate of drug-likeness (QED) is 0.816. The van der Waals surface area contributed by atoms with Gasteiger partial charge < -0.3 is 4.84 Å². The SMILES string of the molecule is Cc1c(-c2[nH]n(C)c(=O)c2C=O)ccc(S(C)(=O)=O)c1C1=NOCC1. The number of hydrogen-bond donors (Lipinski definition) is 1. The van der Waals surface area contributed by atoms with E-state index in [1.54, 1.807) is 13.0 Å². The number of H-pyrrole nitrogens is 1. The number of aryl methyl sites for hydroxylation is 1. The molecular formula is C16H17N3O5S. The minimum absolute atomic E-state index is 0.00623. The van der Waals surface area contributed by atoms with Gasteiger partial charge in [-0.05, 0) is 18.6 Å². The third-order valence-corrected chi connectivity index (χ3v) is 5.33. The summed E-state index contributed by atoms with van der Waals surface area (Å²) in [5.41, 5.74) is 2.06. The first-order valence-electron chi connectivity index (χ1n) is 7.53. The largest absolute Gasteiger partial charge is 0.395 e. The Hall–Kier alpha value is -2.68. The second-order valence-corrected chi connectivity index (χ2v) is 7.87. The van der Waals surface area contributed by atoms with E-state index in [1.165, 1.54) is 17.8 Å². The molecule has 3 rings (SSSR count). The molecule has 2 aromatic rings. The van der Waals surface area contributed by atoms with E-state index in [4.69, 9.17) is 4.84 Å². The minimum atomic E-state index is -3.49. The smallest absolute Gasteiger partial charge is 0.277 e. The Kier molecular flexibility index (Phi) is 4.11. The molecule has 25 heavy (non-hydrogen) atoms. The molecule has 1 aliphatic rings. The minimum Gasteiger partial charge on any atom is -0.395 e. The Morgan fingerprint density at radius 3 is 2.64 bits per heavy atom. The molecule has 1 aliphatic heterocycles. The first kappa shape index (κ1) is 17.2. The predicted molar refractivity (Wildman–Crippen MR) is 91.8 cm³/mol. The van der Waals surface area contributed by atoms with Crippen LogP contribution in [0, 0.1) is 6.92 Å². The van der Waals surface area contributed by atoms with Crippen LogP contribution in [-0.4, -0.2) is 43.1 Å². The lowest BCUT2D eigenvalue weighted by atomic mass is 9.94. The van der Waals surface area contributed by atoms with E-state index in [0.29, 0.717) is 47.4 Å². The summed E-state index contributed by atoms with van der Waals surface area (Å²) in [5, 5.41) is 6.80. The van der Waals surface area contributed by atoms with Crippen LogP contribution in [0.2, 0.25) is 0 Å². The van der Waals surface area contributed by atoms with E-state index < -0.39 is 15.4 Å². The highest BCUT2D eigenvalue weighted by Gasteiger charge is 2.26. The zero-order valence-corrected chi connectivity index (χ0v) is 14.8. The average Bonchev–Trinajstić information content (AvgIpc) is 3.15. The number of aldehydes is 1. The number of nitrogens with zero attached hydrogens (tertiary/aromatic N) is 2. The number of carbonyl (C=O) groups is 1. The number of benzene rings is 1. The van der Waals surface area contributed by atoms with E-state index in [9.17, 15) is 18.0 Å². The molecular weight excluding hydrogens is 346 g/mol. The summed E-state index contributed by atoms with van der Waals surface area (Å²) in [7, 11) is -1.99. The highest BCUT2D eigenvalue weighted by atomic mass is 32.2. The summed E-state index contributed by atoms with van der Waals surface area (Å²) in [5.74, 6) is 0. The van der Waals surface area contributed by atoms with Crippen LogP contribution in [0.5, 0.6) is 0 Å². The van der Waals surface area contributed by atoms with E-state index in [2.05, 4.69) is 10.3 Å². The van der Waals surface area contributed by atoms with Crippen LogP contribution in [0.25, 0.3) is 11.3 Å². The summed E-state index contributed by atoms with van der Waals surface area (Å²) in [6, 6.07) is 3.05. The normalized spacial score (nSPS) is 14.3. The molecule has 2 heterocycles. The molecule has 0 radical (unpaired) electrons. The van der Waals surface area contributed by atoms with Gasteiger partial charge in [0.25, 0.3) is 5.56 Å². The van der Waals surface area contributed by atoms with Gasteiger partial charge in [0.15, 0.2) is 16.1 Å². The van der Waals surface area contributed by atoms with Crippen molar-refractivity contribution in [1.29, 1.82) is 0 Å². The van der Waals surface area contributed by atoms with Gasteiger partial charge in [-0.1, -0.05) is 11.2 Å². The van der Waals surface area contributed by atoms with Gasteiger partial charge >= 0.3 is 0 Å². The molecule has 0 saturated heterocycles. The van der Waals surface area contributed by atoms with Gasteiger partial charge in [0.1, 0.15) is 12.2 Å². The fourth-order valence-corrected chi connectivity index (χ4v) is 3.95. The first-order valence-corrected chi connectivity index (χ1v) is 9.42. The van der Waals surface area contributed by atoms with Crippen molar-refractivity contribution < 1.29 is 18.0 Å². The van der Waals surface area contributed by atoms with Crippen molar-refractivity contribution in [1.82, 2.24) is 9.78 Å². The molecule has 0 atom stereocenters. The second-order valence-electron chi connectivity index (χ2n) is 5.89. The average molecular weight is 363 g/mol. The Morgan fingerprint density at radius 1 is 1.36 bits per heavy atom. The Labute approximate surface area is 144 Å². The molecule has 0 unspecified atom stereocenters. The molecule has 1 aromatic carbocycles.